The Labute approximate surface area is 187 Å². The van der Waals surface area contributed by atoms with Gasteiger partial charge in [-0.2, -0.15) is 0 Å². The number of piperazine rings is 1. The van der Waals surface area contributed by atoms with E-state index in [9.17, 15) is 18.0 Å². The van der Waals surface area contributed by atoms with Crippen molar-refractivity contribution in [3.8, 4) is 0 Å². The van der Waals surface area contributed by atoms with Gasteiger partial charge < -0.3 is 9.80 Å². The molecule has 0 aromatic carbocycles. The van der Waals surface area contributed by atoms with Gasteiger partial charge >= 0.3 is 0 Å². The van der Waals surface area contributed by atoms with Crippen LogP contribution in [0.15, 0.2) is 0 Å². The molecule has 3 unspecified atom stereocenters. The maximum Gasteiger partial charge on any atom is 0.226 e. The average Bonchev–Trinajstić information content (AvgIpc) is 3.64. The minimum absolute atomic E-state index is 0.0479. The number of rotatable bonds is 4. The Morgan fingerprint density at radius 3 is 1.90 bits per heavy atom. The molecule has 0 radical (unpaired) electrons. The second kappa shape index (κ2) is 8.03. The van der Waals surface area contributed by atoms with Gasteiger partial charge in [-0.1, -0.05) is 0 Å². The smallest absolute Gasteiger partial charge is 0.226 e. The van der Waals surface area contributed by atoms with Crippen molar-refractivity contribution in [1.29, 1.82) is 0 Å². The highest BCUT2D eigenvalue weighted by Crippen LogP contribution is 2.46. The molecule has 4 aliphatic carbocycles. The molecule has 0 bridgehead atoms. The van der Waals surface area contributed by atoms with Crippen LogP contribution in [0.1, 0.15) is 84.5 Å². The summed E-state index contributed by atoms with van der Waals surface area (Å²) in [5.74, 6) is 1.76. The van der Waals surface area contributed by atoms with Crippen LogP contribution in [0.3, 0.4) is 0 Å². The van der Waals surface area contributed by atoms with Crippen molar-refractivity contribution >= 4 is 21.7 Å². The summed E-state index contributed by atoms with van der Waals surface area (Å²) in [5.41, 5.74) is 0. The van der Waals surface area contributed by atoms with E-state index in [1.807, 2.05) is 0 Å². The summed E-state index contributed by atoms with van der Waals surface area (Å²) in [5, 5.41) is -0.169. The molecule has 6 nitrogen and oxygen atoms in total. The van der Waals surface area contributed by atoms with Crippen LogP contribution in [0, 0.1) is 17.8 Å². The number of carbonyl (C=O) groups excluding carboxylic acids is 2. The number of carbonyl (C=O) groups is 2. The largest absolute Gasteiger partial charge is 0.335 e. The predicted molar refractivity (Wildman–Crippen MR) is 119 cm³/mol. The van der Waals surface area contributed by atoms with Crippen molar-refractivity contribution in [2.45, 2.75) is 113 Å². The lowest BCUT2D eigenvalue weighted by Crippen LogP contribution is -2.67. The standard InChI is InChI=1S/C24H38N2O4S/c1-15-14-25(24(28)18-3-4-18)23-13-19(7-12-22(23)26(15)16(2)27)17-5-8-20(9-6-17)31(29,30)21-10-11-21/h15,17-23H,3-14H2,1-2H3/t15-,17?,19?,20?,22?,23?/m0/s1. The zero-order chi connectivity index (χ0) is 21.9. The molecule has 2 amide bonds. The summed E-state index contributed by atoms with van der Waals surface area (Å²) in [7, 11) is -2.90. The van der Waals surface area contributed by atoms with Gasteiger partial charge in [0.25, 0.3) is 0 Å². The number of nitrogens with zero attached hydrogens (tertiary/aromatic N) is 2. The van der Waals surface area contributed by atoms with Gasteiger partial charge in [0.2, 0.25) is 11.8 Å². The molecular weight excluding hydrogens is 412 g/mol. The number of sulfone groups is 1. The molecular formula is C24H38N2O4S. The van der Waals surface area contributed by atoms with Gasteiger partial charge in [0.15, 0.2) is 9.84 Å². The van der Waals surface area contributed by atoms with E-state index < -0.39 is 9.84 Å². The van der Waals surface area contributed by atoms with Gasteiger partial charge in [-0.05, 0) is 89.4 Å². The summed E-state index contributed by atoms with van der Waals surface area (Å²) in [6.45, 7) is 4.41. The van der Waals surface area contributed by atoms with E-state index in [0.717, 1.165) is 70.6 Å². The minimum atomic E-state index is -2.90. The zero-order valence-corrected chi connectivity index (χ0v) is 19.9. The Kier molecular flexibility index (Phi) is 5.63. The maximum absolute atomic E-state index is 13.1. The summed E-state index contributed by atoms with van der Waals surface area (Å²) in [6, 6.07) is 0.368. The monoisotopic (exact) mass is 450 g/mol. The highest BCUT2D eigenvalue weighted by atomic mass is 32.2. The maximum atomic E-state index is 13.1. The Bertz CT molecular complexity index is 827. The third kappa shape index (κ3) is 4.04. The van der Waals surface area contributed by atoms with Crippen LogP contribution in [0.2, 0.25) is 0 Å². The van der Waals surface area contributed by atoms with E-state index in [0.29, 0.717) is 24.3 Å². The number of amides is 2. The van der Waals surface area contributed by atoms with E-state index in [4.69, 9.17) is 0 Å². The normalized spacial score (nSPS) is 39.2. The van der Waals surface area contributed by atoms with Crippen LogP contribution < -0.4 is 0 Å². The number of hydrogen-bond acceptors (Lipinski definition) is 4. The van der Waals surface area contributed by atoms with Crippen LogP contribution in [-0.2, 0) is 19.4 Å². The molecule has 0 spiro atoms. The summed E-state index contributed by atoms with van der Waals surface area (Å²) < 4.78 is 25.3. The topological polar surface area (TPSA) is 74.8 Å². The lowest BCUT2D eigenvalue weighted by atomic mass is 9.69. The minimum Gasteiger partial charge on any atom is -0.335 e. The Morgan fingerprint density at radius 1 is 0.774 bits per heavy atom. The van der Waals surface area contributed by atoms with Crippen LogP contribution in [0.25, 0.3) is 0 Å². The number of fused-ring (bicyclic) bond motifs is 1. The first-order chi connectivity index (χ1) is 14.8. The van der Waals surface area contributed by atoms with E-state index in [1.54, 1.807) is 6.92 Å². The van der Waals surface area contributed by atoms with Crippen LogP contribution in [0.5, 0.6) is 0 Å². The highest BCUT2D eigenvalue weighted by Gasteiger charge is 2.50. The van der Waals surface area contributed by atoms with E-state index >= 15 is 0 Å². The van der Waals surface area contributed by atoms with Gasteiger partial charge in [0.1, 0.15) is 0 Å². The fraction of sp³-hybridized carbons (Fsp3) is 0.917. The van der Waals surface area contributed by atoms with Gasteiger partial charge in [0.05, 0.1) is 22.6 Å². The van der Waals surface area contributed by atoms with Crippen molar-refractivity contribution in [2.75, 3.05) is 6.54 Å². The predicted octanol–water partition coefficient (Wildman–Crippen LogP) is 3.15. The van der Waals surface area contributed by atoms with E-state index in [-0.39, 0.29) is 40.5 Å². The fourth-order valence-corrected chi connectivity index (χ4v) is 9.27. The average molecular weight is 451 g/mol. The first kappa shape index (κ1) is 21.7. The zero-order valence-electron chi connectivity index (χ0n) is 19.0. The first-order valence-corrected chi connectivity index (χ1v) is 14.2. The van der Waals surface area contributed by atoms with Crippen LogP contribution in [0.4, 0.5) is 0 Å². The van der Waals surface area contributed by atoms with Crippen molar-refractivity contribution in [3.63, 3.8) is 0 Å². The Hall–Kier alpha value is -1.11. The molecule has 174 valence electrons. The quantitative estimate of drug-likeness (QED) is 0.659. The van der Waals surface area contributed by atoms with Gasteiger partial charge in [0, 0.05) is 25.4 Å². The molecule has 0 aromatic rings. The lowest BCUT2D eigenvalue weighted by Gasteiger charge is -2.55. The van der Waals surface area contributed by atoms with Crippen molar-refractivity contribution in [3.05, 3.63) is 0 Å². The molecule has 7 heteroatoms. The molecule has 1 saturated heterocycles. The van der Waals surface area contributed by atoms with Crippen LogP contribution >= 0.6 is 0 Å². The van der Waals surface area contributed by atoms with Crippen molar-refractivity contribution in [2.24, 2.45) is 17.8 Å². The van der Waals surface area contributed by atoms with Crippen molar-refractivity contribution in [1.82, 2.24) is 9.80 Å². The lowest BCUT2D eigenvalue weighted by molar-refractivity contribution is -0.155. The molecule has 0 N–H and O–H groups in total. The second-order valence-corrected chi connectivity index (χ2v) is 13.6. The van der Waals surface area contributed by atoms with Gasteiger partial charge in [-0.15, -0.1) is 0 Å². The van der Waals surface area contributed by atoms with Gasteiger partial charge in [-0.3, -0.25) is 9.59 Å². The number of hydrogen-bond donors (Lipinski definition) is 0. The third-order valence-electron chi connectivity index (χ3n) is 8.93. The fourth-order valence-electron chi connectivity index (χ4n) is 7.00. The molecule has 0 aromatic heterocycles. The summed E-state index contributed by atoms with van der Waals surface area (Å²) in [4.78, 5) is 29.7. The second-order valence-electron chi connectivity index (χ2n) is 11.1. The Balaban J connectivity index is 1.28. The molecule has 31 heavy (non-hydrogen) atoms. The molecule has 1 aliphatic heterocycles. The van der Waals surface area contributed by atoms with Gasteiger partial charge in [-0.25, -0.2) is 8.42 Å². The molecule has 4 saturated carbocycles. The molecule has 5 aliphatic rings. The first-order valence-electron chi connectivity index (χ1n) is 12.6. The third-order valence-corrected chi connectivity index (χ3v) is 11.7. The SMILES string of the molecule is CC(=O)N1C2CCC(C3CCC(S(=O)(=O)C4CC4)CC3)CC2N(C(=O)C2CC2)C[C@@H]1C. The highest BCUT2D eigenvalue weighted by molar-refractivity contribution is 7.92. The summed E-state index contributed by atoms with van der Waals surface area (Å²) >= 11 is 0. The molecule has 5 rings (SSSR count). The van der Waals surface area contributed by atoms with Crippen molar-refractivity contribution < 1.29 is 18.0 Å². The Morgan fingerprint density at radius 2 is 1.35 bits per heavy atom. The van der Waals surface area contributed by atoms with Crippen LogP contribution in [-0.4, -0.2) is 65.2 Å². The molecule has 1 heterocycles. The molecule has 5 fully saturated rings. The van der Waals surface area contributed by atoms with E-state index in [1.165, 1.54) is 0 Å². The van der Waals surface area contributed by atoms with E-state index in [2.05, 4.69) is 16.7 Å². The molecule has 4 atom stereocenters. The summed E-state index contributed by atoms with van der Waals surface area (Å²) in [6.07, 6.45) is 10.4.